The molecule has 0 aromatic rings. The normalized spacial score (nSPS) is 19.1. The van der Waals surface area contributed by atoms with Crippen molar-refractivity contribution in [1.29, 1.82) is 0 Å². The minimum atomic E-state index is -3.53. The summed E-state index contributed by atoms with van der Waals surface area (Å²) in [5, 5.41) is 8.43. The zero-order valence-electron chi connectivity index (χ0n) is 8.86. The van der Waals surface area contributed by atoms with E-state index in [1.807, 2.05) is 6.92 Å². The van der Waals surface area contributed by atoms with Gasteiger partial charge in [0.2, 0.25) is 0 Å². The number of nitrogens with one attached hydrogen (secondary N) is 1. The maximum absolute atomic E-state index is 11.6. The first kappa shape index (κ1) is 12.4. The van der Waals surface area contributed by atoms with Crippen LogP contribution in [0.2, 0.25) is 0 Å². The summed E-state index contributed by atoms with van der Waals surface area (Å²) in [5.41, 5.74) is -0.323. The van der Waals surface area contributed by atoms with Crippen molar-refractivity contribution in [3.63, 3.8) is 0 Å². The Morgan fingerprint density at radius 2 is 2.07 bits per heavy atom. The second-order valence-corrected chi connectivity index (χ2v) is 5.91. The number of carbonyl (C=O) groups is 1. The van der Waals surface area contributed by atoms with Gasteiger partial charge in [-0.3, -0.25) is 4.79 Å². The number of hydrogen-bond donors (Lipinski definition) is 2. The van der Waals surface area contributed by atoms with Gasteiger partial charge in [-0.05, 0) is 19.8 Å². The molecule has 0 unspecified atom stereocenters. The summed E-state index contributed by atoms with van der Waals surface area (Å²) in [6.07, 6.45) is 1.48. The van der Waals surface area contributed by atoms with Crippen LogP contribution in [0, 0.1) is 0 Å². The fourth-order valence-corrected chi connectivity index (χ4v) is 2.37. The summed E-state index contributed by atoms with van der Waals surface area (Å²) in [5.74, 6) is -1.00. The molecule has 0 aliphatic heterocycles. The van der Waals surface area contributed by atoms with Crippen LogP contribution < -0.4 is 4.72 Å². The third-order valence-electron chi connectivity index (χ3n) is 2.43. The molecule has 88 valence electrons. The van der Waals surface area contributed by atoms with E-state index in [1.165, 1.54) is 7.05 Å². The Kier molecular flexibility index (Phi) is 3.37. The van der Waals surface area contributed by atoms with E-state index in [-0.39, 0.29) is 18.5 Å². The zero-order chi connectivity index (χ0) is 11.7. The van der Waals surface area contributed by atoms with Crippen LogP contribution in [0.4, 0.5) is 0 Å². The predicted molar refractivity (Wildman–Crippen MR) is 54.6 cm³/mol. The monoisotopic (exact) mass is 236 g/mol. The van der Waals surface area contributed by atoms with Gasteiger partial charge in [-0.2, -0.15) is 17.4 Å². The van der Waals surface area contributed by atoms with E-state index in [0.717, 1.165) is 17.1 Å². The van der Waals surface area contributed by atoms with Gasteiger partial charge < -0.3 is 5.11 Å². The molecule has 6 nitrogen and oxygen atoms in total. The van der Waals surface area contributed by atoms with E-state index in [1.54, 1.807) is 0 Å². The van der Waals surface area contributed by atoms with Crippen molar-refractivity contribution in [2.24, 2.45) is 0 Å². The highest BCUT2D eigenvalue weighted by atomic mass is 32.2. The average molecular weight is 236 g/mol. The quantitative estimate of drug-likeness (QED) is 0.667. The molecule has 7 heteroatoms. The van der Waals surface area contributed by atoms with Crippen molar-refractivity contribution in [1.82, 2.24) is 9.03 Å². The van der Waals surface area contributed by atoms with Gasteiger partial charge >= 0.3 is 5.97 Å². The van der Waals surface area contributed by atoms with Crippen LogP contribution in [0.5, 0.6) is 0 Å². The second-order valence-electron chi connectivity index (χ2n) is 4.13. The molecule has 1 fully saturated rings. The van der Waals surface area contributed by atoms with Crippen molar-refractivity contribution in [3.05, 3.63) is 0 Å². The van der Waals surface area contributed by atoms with Gasteiger partial charge in [0.15, 0.2) is 0 Å². The van der Waals surface area contributed by atoms with Crippen molar-refractivity contribution < 1.29 is 18.3 Å². The number of carboxylic acids is 1. The molecule has 1 rings (SSSR count). The lowest BCUT2D eigenvalue weighted by Crippen LogP contribution is -2.44. The van der Waals surface area contributed by atoms with Crippen molar-refractivity contribution in [2.45, 2.75) is 31.7 Å². The Bertz CT molecular complexity index is 348. The Morgan fingerprint density at radius 3 is 2.47 bits per heavy atom. The Hall–Kier alpha value is -0.660. The molecule has 0 aromatic carbocycles. The lowest BCUT2D eigenvalue weighted by molar-refractivity contribution is -0.137. The molecule has 0 spiro atoms. The molecule has 2 N–H and O–H groups in total. The maximum Gasteiger partial charge on any atom is 0.304 e. The van der Waals surface area contributed by atoms with Gasteiger partial charge in [-0.1, -0.05) is 0 Å². The van der Waals surface area contributed by atoms with E-state index in [0.29, 0.717) is 0 Å². The lowest BCUT2D eigenvalue weighted by atomic mass is 10.4. The maximum atomic E-state index is 11.6. The van der Waals surface area contributed by atoms with E-state index in [9.17, 15) is 13.2 Å². The van der Waals surface area contributed by atoms with Crippen LogP contribution in [-0.2, 0) is 15.0 Å². The van der Waals surface area contributed by atoms with E-state index < -0.39 is 16.2 Å². The molecule has 0 amide bonds. The number of hydrogen-bond acceptors (Lipinski definition) is 3. The molecular formula is C8H16N2O4S. The van der Waals surface area contributed by atoms with Crippen LogP contribution in [0.3, 0.4) is 0 Å². The zero-order valence-corrected chi connectivity index (χ0v) is 9.67. The third-order valence-corrected chi connectivity index (χ3v) is 4.18. The van der Waals surface area contributed by atoms with Crippen LogP contribution in [0.1, 0.15) is 26.2 Å². The predicted octanol–water partition coefficient (Wildman–Crippen LogP) is -0.220. The largest absolute Gasteiger partial charge is 0.481 e. The molecule has 1 aliphatic rings. The number of carboxylic acid groups (broad SMARTS) is 1. The van der Waals surface area contributed by atoms with Crippen LogP contribution in [0.15, 0.2) is 0 Å². The first-order chi connectivity index (χ1) is 6.75. The molecule has 0 bridgehead atoms. The summed E-state index contributed by atoms with van der Waals surface area (Å²) >= 11 is 0. The first-order valence-electron chi connectivity index (χ1n) is 4.72. The summed E-state index contributed by atoms with van der Waals surface area (Å²) in [4.78, 5) is 10.3. The summed E-state index contributed by atoms with van der Waals surface area (Å²) in [6.45, 7) is 1.82. The smallest absolute Gasteiger partial charge is 0.304 e. The van der Waals surface area contributed by atoms with Gasteiger partial charge in [0.1, 0.15) is 0 Å². The lowest BCUT2D eigenvalue weighted by Gasteiger charge is -2.19. The molecule has 15 heavy (non-hydrogen) atoms. The standard InChI is InChI=1S/C8H16N2O4S/c1-8(4-5-8)9-15(13,14)10(2)6-3-7(11)12/h9H,3-6H2,1-2H3,(H,11,12). The molecule has 1 saturated carbocycles. The first-order valence-corrected chi connectivity index (χ1v) is 6.16. The molecule has 0 aromatic heterocycles. The summed E-state index contributed by atoms with van der Waals surface area (Å²) in [7, 11) is -2.16. The summed E-state index contributed by atoms with van der Waals surface area (Å²) < 4.78 is 26.8. The highest BCUT2D eigenvalue weighted by molar-refractivity contribution is 7.87. The fourth-order valence-electron chi connectivity index (χ4n) is 1.05. The topological polar surface area (TPSA) is 86.7 Å². The fraction of sp³-hybridized carbons (Fsp3) is 0.875. The minimum absolute atomic E-state index is 0.0131. The number of rotatable bonds is 6. The van der Waals surface area contributed by atoms with Crippen LogP contribution in [0.25, 0.3) is 0 Å². The molecular weight excluding hydrogens is 220 g/mol. The van der Waals surface area contributed by atoms with Crippen LogP contribution >= 0.6 is 0 Å². The number of aliphatic carboxylic acids is 1. The third kappa shape index (κ3) is 3.77. The van der Waals surface area contributed by atoms with Crippen molar-refractivity contribution in [3.8, 4) is 0 Å². The number of nitrogens with zero attached hydrogens (tertiary/aromatic N) is 1. The highest BCUT2D eigenvalue weighted by Gasteiger charge is 2.41. The molecule has 1 aliphatic carbocycles. The van der Waals surface area contributed by atoms with Crippen molar-refractivity contribution in [2.75, 3.05) is 13.6 Å². The molecule has 0 radical (unpaired) electrons. The van der Waals surface area contributed by atoms with Gasteiger partial charge in [-0.15, -0.1) is 0 Å². The van der Waals surface area contributed by atoms with Crippen molar-refractivity contribution >= 4 is 16.2 Å². The molecule has 0 saturated heterocycles. The highest BCUT2D eigenvalue weighted by Crippen LogP contribution is 2.35. The molecule has 0 heterocycles. The Labute approximate surface area is 89.4 Å². The SMILES string of the molecule is CN(CCC(=O)O)S(=O)(=O)NC1(C)CC1. The Balaban J connectivity index is 2.49. The second kappa shape index (κ2) is 4.07. The Morgan fingerprint density at radius 1 is 1.53 bits per heavy atom. The minimum Gasteiger partial charge on any atom is -0.481 e. The van der Waals surface area contributed by atoms with Gasteiger partial charge in [0.05, 0.1) is 6.42 Å². The van der Waals surface area contributed by atoms with Gasteiger partial charge in [-0.25, -0.2) is 0 Å². The van der Waals surface area contributed by atoms with Gasteiger partial charge in [0.25, 0.3) is 10.2 Å². The van der Waals surface area contributed by atoms with Gasteiger partial charge in [0, 0.05) is 19.1 Å². The van der Waals surface area contributed by atoms with E-state index >= 15 is 0 Å². The molecule has 0 atom stereocenters. The van der Waals surface area contributed by atoms with E-state index in [4.69, 9.17) is 5.11 Å². The van der Waals surface area contributed by atoms with E-state index in [2.05, 4.69) is 4.72 Å². The average Bonchev–Trinajstić information content (AvgIpc) is 2.77. The van der Waals surface area contributed by atoms with Crippen LogP contribution in [-0.4, -0.2) is 42.9 Å². The summed E-state index contributed by atoms with van der Waals surface area (Å²) in [6, 6.07) is 0.